The monoisotopic (exact) mass is 474 g/mol. The predicted octanol–water partition coefficient (Wildman–Crippen LogP) is 7.00. The van der Waals surface area contributed by atoms with Gasteiger partial charge in [-0.25, -0.2) is 0 Å². The lowest BCUT2D eigenvalue weighted by molar-refractivity contribution is 0.308. The van der Waals surface area contributed by atoms with Crippen molar-refractivity contribution in [1.29, 1.82) is 0 Å². The van der Waals surface area contributed by atoms with Crippen LogP contribution in [0.1, 0.15) is 29.5 Å². The van der Waals surface area contributed by atoms with Gasteiger partial charge in [-0.15, -0.1) is 0 Å². The Morgan fingerprint density at radius 2 is 1.45 bits per heavy atom. The second-order valence-corrected chi connectivity index (χ2v) is 8.33. The lowest BCUT2D eigenvalue weighted by Gasteiger charge is -2.20. The van der Waals surface area contributed by atoms with Gasteiger partial charge in [-0.3, -0.25) is 0 Å². The second-order valence-electron chi connectivity index (χ2n) is 7.48. The standard InChI is InChI=1S/C26H23BrN2O2/c1-3-31-26-21(27)12-16(13-24(26)30-2)25(19-14-28-22-10-6-4-8-17(19)22)20-15-29-23-11-7-5-9-18(20)23/h4-15,25,28-29H,3H2,1-2H3. The molecule has 5 rings (SSSR count). The molecule has 5 aromatic rings. The first-order chi connectivity index (χ1) is 15.2. The number of halogens is 1. The van der Waals surface area contributed by atoms with E-state index in [1.165, 1.54) is 21.9 Å². The van der Waals surface area contributed by atoms with Crippen molar-refractivity contribution >= 4 is 37.7 Å². The molecule has 5 heteroatoms. The normalized spacial score (nSPS) is 11.5. The molecular weight excluding hydrogens is 452 g/mol. The molecule has 0 aliphatic heterocycles. The maximum atomic E-state index is 5.83. The summed E-state index contributed by atoms with van der Waals surface area (Å²) < 4.78 is 12.4. The summed E-state index contributed by atoms with van der Waals surface area (Å²) in [6.45, 7) is 2.54. The van der Waals surface area contributed by atoms with Crippen LogP contribution in [-0.2, 0) is 0 Å². The van der Waals surface area contributed by atoms with Crippen molar-refractivity contribution in [3.63, 3.8) is 0 Å². The number of nitrogens with one attached hydrogen (secondary N) is 2. The molecule has 0 aliphatic rings. The summed E-state index contributed by atoms with van der Waals surface area (Å²) in [5.74, 6) is 1.45. The third kappa shape index (κ3) is 3.39. The fourth-order valence-electron chi connectivity index (χ4n) is 4.38. The molecule has 0 amide bonds. The number of benzene rings is 3. The molecule has 3 aromatic carbocycles. The highest BCUT2D eigenvalue weighted by Crippen LogP contribution is 2.44. The summed E-state index contributed by atoms with van der Waals surface area (Å²) in [5, 5.41) is 2.42. The number of methoxy groups -OCH3 is 1. The van der Waals surface area contributed by atoms with Crippen LogP contribution in [0.4, 0.5) is 0 Å². The average Bonchev–Trinajstić information content (AvgIpc) is 3.41. The molecule has 0 atom stereocenters. The summed E-state index contributed by atoms with van der Waals surface area (Å²) in [6.07, 6.45) is 4.24. The maximum absolute atomic E-state index is 5.83. The van der Waals surface area contributed by atoms with Crippen LogP contribution < -0.4 is 9.47 Å². The molecule has 0 saturated heterocycles. The molecule has 0 saturated carbocycles. The molecule has 156 valence electrons. The van der Waals surface area contributed by atoms with E-state index in [-0.39, 0.29) is 5.92 Å². The minimum Gasteiger partial charge on any atom is -0.493 e. The van der Waals surface area contributed by atoms with Gasteiger partial charge in [0.05, 0.1) is 18.2 Å². The number of rotatable bonds is 6. The minimum absolute atomic E-state index is 0.00757. The molecule has 2 aromatic heterocycles. The fraction of sp³-hybridized carbons (Fsp3) is 0.154. The van der Waals surface area contributed by atoms with E-state index >= 15 is 0 Å². The highest BCUT2D eigenvalue weighted by Gasteiger charge is 2.25. The molecule has 31 heavy (non-hydrogen) atoms. The zero-order chi connectivity index (χ0) is 21.4. The van der Waals surface area contributed by atoms with Crippen LogP contribution in [0.5, 0.6) is 11.5 Å². The van der Waals surface area contributed by atoms with Crippen molar-refractivity contribution in [1.82, 2.24) is 9.97 Å². The highest BCUT2D eigenvalue weighted by molar-refractivity contribution is 9.10. The van der Waals surface area contributed by atoms with Crippen molar-refractivity contribution in [2.75, 3.05) is 13.7 Å². The number of hydrogen-bond donors (Lipinski definition) is 2. The van der Waals surface area contributed by atoms with Crippen LogP contribution in [0.25, 0.3) is 21.8 Å². The summed E-state index contributed by atoms with van der Waals surface area (Å²) in [6, 6.07) is 21.1. The number of fused-ring (bicyclic) bond motifs is 2. The van der Waals surface area contributed by atoms with Crippen LogP contribution in [-0.4, -0.2) is 23.7 Å². The van der Waals surface area contributed by atoms with Crippen molar-refractivity contribution in [2.45, 2.75) is 12.8 Å². The summed E-state index contributed by atoms with van der Waals surface area (Å²) in [5.41, 5.74) is 5.82. The zero-order valence-electron chi connectivity index (χ0n) is 17.4. The van der Waals surface area contributed by atoms with Gasteiger partial charge in [0.2, 0.25) is 0 Å². The van der Waals surface area contributed by atoms with E-state index in [0.717, 1.165) is 32.6 Å². The van der Waals surface area contributed by atoms with Crippen LogP contribution in [0.3, 0.4) is 0 Å². The molecule has 0 aliphatic carbocycles. The average molecular weight is 475 g/mol. The van der Waals surface area contributed by atoms with E-state index < -0.39 is 0 Å². The Kier molecular flexibility index (Phi) is 5.20. The van der Waals surface area contributed by atoms with Crippen molar-refractivity contribution in [2.24, 2.45) is 0 Å². The third-order valence-corrected chi connectivity index (χ3v) is 6.33. The molecule has 0 bridgehead atoms. The Morgan fingerprint density at radius 1 is 0.871 bits per heavy atom. The number of ether oxygens (including phenoxy) is 2. The number of H-pyrrole nitrogens is 2. The van der Waals surface area contributed by atoms with E-state index in [0.29, 0.717) is 6.61 Å². The van der Waals surface area contributed by atoms with Gasteiger partial charge in [0.15, 0.2) is 11.5 Å². The van der Waals surface area contributed by atoms with Gasteiger partial charge in [0.1, 0.15) is 0 Å². The quantitative estimate of drug-likeness (QED) is 0.278. The molecule has 2 heterocycles. The van der Waals surface area contributed by atoms with Gasteiger partial charge in [-0.2, -0.15) is 0 Å². The third-order valence-electron chi connectivity index (χ3n) is 5.74. The van der Waals surface area contributed by atoms with E-state index in [1.54, 1.807) is 7.11 Å². The first-order valence-corrected chi connectivity index (χ1v) is 11.1. The van der Waals surface area contributed by atoms with Crippen molar-refractivity contribution < 1.29 is 9.47 Å². The lowest BCUT2D eigenvalue weighted by Crippen LogP contribution is -2.05. The summed E-state index contributed by atoms with van der Waals surface area (Å²) in [7, 11) is 1.68. The van der Waals surface area contributed by atoms with E-state index in [1.807, 2.05) is 6.92 Å². The number of aromatic nitrogens is 2. The molecule has 0 fully saturated rings. The van der Waals surface area contributed by atoms with Crippen LogP contribution in [0.15, 0.2) is 77.5 Å². The Morgan fingerprint density at radius 3 is 2.00 bits per heavy atom. The zero-order valence-corrected chi connectivity index (χ0v) is 19.0. The number of para-hydroxylation sites is 2. The number of aromatic amines is 2. The highest BCUT2D eigenvalue weighted by atomic mass is 79.9. The van der Waals surface area contributed by atoms with Gasteiger partial charge in [0.25, 0.3) is 0 Å². The molecule has 0 radical (unpaired) electrons. The van der Waals surface area contributed by atoms with Gasteiger partial charge < -0.3 is 19.4 Å². The molecule has 2 N–H and O–H groups in total. The molecular formula is C26H23BrN2O2. The Bertz CT molecular complexity index is 1290. The summed E-state index contributed by atoms with van der Waals surface area (Å²) in [4.78, 5) is 6.89. The first-order valence-electron chi connectivity index (χ1n) is 10.3. The SMILES string of the molecule is CCOc1c(Br)cc(C(c2c[nH]c3ccccc23)c2c[nH]c3ccccc23)cc1OC. The largest absolute Gasteiger partial charge is 0.493 e. The predicted molar refractivity (Wildman–Crippen MR) is 129 cm³/mol. The van der Waals surface area contributed by atoms with Gasteiger partial charge >= 0.3 is 0 Å². The Hall–Kier alpha value is -3.18. The smallest absolute Gasteiger partial charge is 0.175 e. The molecule has 4 nitrogen and oxygen atoms in total. The van der Waals surface area contributed by atoms with Gasteiger partial charge in [-0.05, 0) is 63.8 Å². The number of hydrogen-bond acceptors (Lipinski definition) is 2. The minimum atomic E-state index is 0.00757. The lowest BCUT2D eigenvalue weighted by atomic mass is 9.84. The van der Waals surface area contributed by atoms with E-state index in [4.69, 9.17) is 9.47 Å². The van der Waals surface area contributed by atoms with Crippen LogP contribution in [0, 0.1) is 0 Å². The summed E-state index contributed by atoms with van der Waals surface area (Å²) >= 11 is 3.71. The van der Waals surface area contributed by atoms with Crippen molar-refractivity contribution in [3.8, 4) is 11.5 Å². The molecule has 0 unspecified atom stereocenters. The topological polar surface area (TPSA) is 50.0 Å². The second kappa shape index (κ2) is 8.16. The Balaban J connectivity index is 1.78. The van der Waals surface area contributed by atoms with E-state index in [2.05, 4.69) is 99.0 Å². The fourth-order valence-corrected chi connectivity index (χ4v) is 4.96. The van der Waals surface area contributed by atoms with Gasteiger partial charge in [0, 0.05) is 40.1 Å². The van der Waals surface area contributed by atoms with E-state index in [9.17, 15) is 0 Å². The maximum Gasteiger partial charge on any atom is 0.175 e. The Labute approximate surface area is 189 Å². The van der Waals surface area contributed by atoms with Crippen LogP contribution >= 0.6 is 15.9 Å². The molecule has 0 spiro atoms. The van der Waals surface area contributed by atoms with Gasteiger partial charge in [-0.1, -0.05) is 36.4 Å². The first kappa shape index (κ1) is 19.8. The van der Waals surface area contributed by atoms with Crippen molar-refractivity contribution in [3.05, 3.63) is 94.2 Å². The van der Waals surface area contributed by atoms with Crippen LogP contribution in [0.2, 0.25) is 0 Å².